The van der Waals surface area contributed by atoms with Gasteiger partial charge in [0, 0.05) is 30.3 Å². The third-order valence-electron chi connectivity index (χ3n) is 8.55. The molecule has 2 fully saturated rings. The highest BCUT2D eigenvalue weighted by Gasteiger charge is 2.58. The molecule has 12 heteroatoms. The number of carbonyl (C=O) groups excluding carboxylic acids is 4. The van der Waals surface area contributed by atoms with Gasteiger partial charge in [0.2, 0.25) is 17.4 Å². The number of anilines is 1. The number of nitrogens with one attached hydrogen (secondary N) is 3. The number of nitrogens with zero attached hydrogens (tertiary/aromatic N) is 3. The van der Waals surface area contributed by atoms with Crippen LogP contribution in [-0.2, 0) is 19.1 Å². The molecule has 3 aliphatic rings. The Labute approximate surface area is 250 Å². The second kappa shape index (κ2) is 12.0. The molecular formula is C31H38N6O6. The fraction of sp³-hybridized carbons (Fsp3) is 0.484. The summed E-state index contributed by atoms with van der Waals surface area (Å²) in [4.78, 5) is 60.9. The zero-order valence-electron chi connectivity index (χ0n) is 24.8. The number of ether oxygens (including phenoxy) is 2. The van der Waals surface area contributed by atoms with E-state index < -0.39 is 35.6 Å². The first-order valence-electron chi connectivity index (χ1n) is 14.5. The van der Waals surface area contributed by atoms with Crippen molar-refractivity contribution in [1.29, 1.82) is 5.41 Å². The summed E-state index contributed by atoms with van der Waals surface area (Å²) in [5.41, 5.74) is -0.187. The maximum absolute atomic E-state index is 14.6. The number of rotatable bonds is 7. The van der Waals surface area contributed by atoms with Gasteiger partial charge in [-0.1, -0.05) is 44.2 Å². The minimum atomic E-state index is -1.41. The molecule has 4 heterocycles. The lowest BCUT2D eigenvalue weighted by molar-refractivity contribution is -0.146. The van der Waals surface area contributed by atoms with Crippen molar-refractivity contribution < 1.29 is 28.7 Å². The molecule has 1 aromatic heterocycles. The van der Waals surface area contributed by atoms with Crippen molar-refractivity contribution in [2.45, 2.75) is 69.7 Å². The SMILES string of the molecule is COC(=O)NCC(=O)N1C(CC(C)C)[C@H](c2ccccc2)C[C@H]1C(=O)N1C[C@@]2(C[C@H]1C(C)=N)Oc1cccnc1NC2=O. The number of benzene rings is 1. The van der Waals surface area contributed by atoms with Crippen LogP contribution in [0.2, 0.25) is 0 Å². The van der Waals surface area contributed by atoms with E-state index in [2.05, 4.69) is 34.2 Å². The summed E-state index contributed by atoms with van der Waals surface area (Å²) in [7, 11) is 1.22. The Bertz CT molecular complexity index is 1420. The van der Waals surface area contributed by atoms with Crippen LogP contribution in [0, 0.1) is 11.3 Å². The lowest BCUT2D eigenvalue weighted by atomic mass is 9.86. The number of carbonyl (C=O) groups is 4. The van der Waals surface area contributed by atoms with Crippen molar-refractivity contribution in [3.05, 3.63) is 54.2 Å². The second-order valence-electron chi connectivity index (χ2n) is 11.9. The molecule has 0 saturated carbocycles. The first-order valence-corrected chi connectivity index (χ1v) is 14.5. The zero-order valence-corrected chi connectivity index (χ0v) is 24.8. The van der Waals surface area contributed by atoms with Crippen LogP contribution in [0.15, 0.2) is 48.7 Å². The Kier molecular flexibility index (Phi) is 8.38. The smallest absolute Gasteiger partial charge is 0.407 e. The summed E-state index contributed by atoms with van der Waals surface area (Å²) in [5.74, 6) is -0.417. The lowest BCUT2D eigenvalue weighted by Crippen LogP contribution is -2.56. The molecule has 3 aliphatic heterocycles. The van der Waals surface area contributed by atoms with Crippen LogP contribution < -0.4 is 15.4 Å². The summed E-state index contributed by atoms with van der Waals surface area (Å²) in [5, 5.41) is 13.8. The number of pyridine rings is 1. The Balaban J connectivity index is 1.50. The van der Waals surface area contributed by atoms with Gasteiger partial charge in [0.25, 0.3) is 5.91 Å². The Morgan fingerprint density at radius 3 is 2.60 bits per heavy atom. The van der Waals surface area contributed by atoms with Gasteiger partial charge in [-0.15, -0.1) is 0 Å². The number of aromatic nitrogens is 1. The van der Waals surface area contributed by atoms with Gasteiger partial charge >= 0.3 is 6.09 Å². The van der Waals surface area contributed by atoms with Gasteiger partial charge in [0.1, 0.15) is 12.6 Å². The predicted molar refractivity (Wildman–Crippen MR) is 158 cm³/mol. The van der Waals surface area contributed by atoms with Crippen molar-refractivity contribution >= 4 is 35.3 Å². The molecule has 2 aromatic rings. The highest BCUT2D eigenvalue weighted by atomic mass is 16.5. The van der Waals surface area contributed by atoms with Crippen LogP contribution in [0.3, 0.4) is 0 Å². The average Bonchev–Trinajstić information content (AvgIpc) is 3.56. The third-order valence-corrected chi connectivity index (χ3v) is 8.55. The van der Waals surface area contributed by atoms with Crippen LogP contribution in [0.5, 0.6) is 5.75 Å². The van der Waals surface area contributed by atoms with Gasteiger partial charge < -0.3 is 35.3 Å². The molecule has 5 rings (SSSR count). The Morgan fingerprint density at radius 1 is 1.19 bits per heavy atom. The molecule has 12 nitrogen and oxygen atoms in total. The standard InChI is InChI=1S/C31H38N6O6/c1-18(2)13-22-21(20-9-6-5-7-10-20)14-23(37(22)26(38)16-34-30(41)42-4)28(39)36-17-31(15-24(36)19(3)32)29(40)35-27-25(43-31)11-8-12-33-27/h5-12,18,21-24,32H,13-17H2,1-4H3,(H,34,41)(H,33,35,40)/t21-,22?,23-,24-,31+/m0/s1. The van der Waals surface area contributed by atoms with Crippen LogP contribution in [-0.4, -0.2) is 88.2 Å². The zero-order chi connectivity index (χ0) is 30.9. The molecule has 5 atom stereocenters. The topological polar surface area (TPSA) is 154 Å². The van der Waals surface area contributed by atoms with Crippen molar-refractivity contribution in [2.24, 2.45) is 5.92 Å². The first-order chi connectivity index (χ1) is 20.5. The highest BCUT2D eigenvalue weighted by Crippen LogP contribution is 2.44. The number of likely N-dealkylation sites (tertiary alicyclic amines) is 2. The van der Waals surface area contributed by atoms with Crippen molar-refractivity contribution in [3.63, 3.8) is 0 Å². The summed E-state index contributed by atoms with van der Waals surface area (Å²) < 4.78 is 10.9. The van der Waals surface area contributed by atoms with E-state index in [1.807, 2.05) is 30.3 Å². The van der Waals surface area contributed by atoms with E-state index in [4.69, 9.17) is 10.1 Å². The van der Waals surface area contributed by atoms with Crippen molar-refractivity contribution in [2.75, 3.05) is 25.5 Å². The van der Waals surface area contributed by atoms with Gasteiger partial charge in [-0.2, -0.15) is 0 Å². The summed E-state index contributed by atoms with van der Waals surface area (Å²) in [6.07, 6.45) is 1.90. The van der Waals surface area contributed by atoms with E-state index in [0.29, 0.717) is 24.4 Å². The minimum Gasteiger partial charge on any atom is -0.472 e. The maximum atomic E-state index is 14.6. The van der Waals surface area contributed by atoms with Crippen LogP contribution in [0.25, 0.3) is 0 Å². The number of fused-ring (bicyclic) bond motifs is 1. The first kappa shape index (κ1) is 30.0. The molecule has 43 heavy (non-hydrogen) atoms. The molecule has 228 valence electrons. The van der Waals surface area contributed by atoms with Crippen LogP contribution in [0.4, 0.5) is 10.6 Å². The lowest BCUT2D eigenvalue weighted by Gasteiger charge is -2.36. The highest BCUT2D eigenvalue weighted by molar-refractivity contribution is 6.03. The second-order valence-corrected chi connectivity index (χ2v) is 11.9. The molecule has 1 spiro atoms. The monoisotopic (exact) mass is 590 g/mol. The minimum absolute atomic E-state index is 0.0866. The number of methoxy groups -OCH3 is 1. The van der Waals surface area contributed by atoms with Gasteiger partial charge in [-0.3, -0.25) is 14.4 Å². The maximum Gasteiger partial charge on any atom is 0.407 e. The van der Waals surface area contributed by atoms with E-state index in [-0.39, 0.29) is 49.0 Å². The van der Waals surface area contributed by atoms with Gasteiger partial charge in [0.05, 0.1) is 19.7 Å². The Morgan fingerprint density at radius 2 is 1.93 bits per heavy atom. The van der Waals surface area contributed by atoms with Gasteiger partial charge in [-0.25, -0.2) is 9.78 Å². The molecule has 0 bridgehead atoms. The van der Waals surface area contributed by atoms with Crippen LogP contribution in [0.1, 0.15) is 51.5 Å². The molecule has 1 aromatic carbocycles. The van der Waals surface area contributed by atoms with E-state index in [1.165, 1.54) is 12.0 Å². The van der Waals surface area contributed by atoms with Crippen LogP contribution >= 0.6 is 0 Å². The molecule has 3 N–H and O–H groups in total. The van der Waals surface area contributed by atoms with E-state index in [0.717, 1.165) is 5.56 Å². The van der Waals surface area contributed by atoms with Crippen molar-refractivity contribution in [1.82, 2.24) is 20.1 Å². The van der Waals surface area contributed by atoms with E-state index in [9.17, 15) is 19.2 Å². The molecule has 0 radical (unpaired) electrons. The predicted octanol–water partition coefficient (Wildman–Crippen LogP) is 2.95. The third kappa shape index (κ3) is 5.78. The largest absolute Gasteiger partial charge is 0.472 e. The van der Waals surface area contributed by atoms with Gasteiger partial charge in [0.15, 0.2) is 11.6 Å². The molecule has 4 amide bonds. The normalized spacial score (nSPS) is 26.1. The fourth-order valence-corrected chi connectivity index (χ4v) is 6.61. The number of hydrogen-bond donors (Lipinski definition) is 3. The molecule has 0 aliphatic carbocycles. The quantitative estimate of drug-likeness (QED) is 0.419. The van der Waals surface area contributed by atoms with Gasteiger partial charge in [-0.05, 0) is 43.4 Å². The molecular weight excluding hydrogens is 552 g/mol. The molecule has 1 unspecified atom stereocenters. The summed E-state index contributed by atoms with van der Waals surface area (Å²) >= 11 is 0. The van der Waals surface area contributed by atoms with E-state index in [1.54, 1.807) is 30.2 Å². The Hall–Kier alpha value is -4.48. The summed E-state index contributed by atoms with van der Waals surface area (Å²) in [6.45, 7) is 5.32. The average molecular weight is 591 g/mol. The number of alkyl carbamates (subject to hydrolysis) is 1. The van der Waals surface area contributed by atoms with Crippen molar-refractivity contribution in [3.8, 4) is 5.75 Å². The summed E-state index contributed by atoms with van der Waals surface area (Å²) in [6, 6.07) is 11.3. The molecule has 2 saturated heterocycles. The number of hydrogen-bond acceptors (Lipinski definition) is 8. The fourth-order valence-electron chi connectivity index (χ4n) is 6.61. The number of amides is 4. The van der Waals surface area contributed by atoms with E-state index >= 15 is 0 Å².